The number of para-hydroxylation sites is 1. The van der Waals surface area contributed by atoms with Crippen LogP contribution >= 0.6 is 0 Å². The number of rotatable bonds is 11. The summed E-state index contributed by atoms with van der Waals surface area (Å²) in [5.41, 5.74) is 4.27. The van der Waals surface area contributed by atoms with Gasteiger partial charge in [0.05, 0.1) is 26.4 Å². The van der Waals surface area contributed by atoms with Gasteiger partial charge < -0.3 is 23.7 Å². The molecule has 1 saturated heterocycles. The average Bonchev–Trinajstić information content (AvgIpc) is 2.97. The van der Waals surface area contributed by atoms with E-state index in [1.54, 1.807) is 0 Å². The first-order chi connectivity index (χ1) is 18.8. The Balaban J connectivity index is 1.39. The predicted molar refractivity (Wildman–Crippen MR) is 147 cm³/mol. The van der Waals surface area contributed by atoms with E-state index < -0.39 is 18.5 Å². The van der Waals surface area contributed by atoms with Gasteiger partial charge in [-0.15, -0.1) is 0 Å². The van der Waals surface area contributed by atoms with Gasteiger partial charge in [0.2, 0.25) is 6.29 Å². The van der Waals surface area contributed by atoms with Crippen LogP contribution in [0.1, 0.15) is 22.3 Å². The minimum absolute atomic E-state index is 0.327. The molecule has 0 N–H and O–H groups in total. The van der Waals surface area contributed by atoms with E-state index in [0.29, 0.717) is 26.4 Å². The lowest BCUT2D eigenvalue weighted by molar-refractivity contribution is -0.278. The number of ether oxygens (including phenoxy) is 5. The fourth-order valence-corrected chi connectivity index (χ4v) is 4.49. The van der Waals surface area contributed by atoms with Crippen LogP contribution in [-0.2, 0) is 38.8 Å². The molecular weight excluding hydrogens is 476 g/mol. The Morgan fingerprint density at radius 3 is 1.61 bits per heavy atom. The van der Waals surface area contributed by atoms with Gasteiger partial charge in [0.15, 0.2) is 0 Å². The lowest BCUT2D eigenvalue weighted by atomic mass is 10.0. The molecule has 2 unspecified atom stereocenters. The summed E-state index contributed by atoms with van der Waals surface area (Å²) in [4.78, 5) is 0. The number of hydrogen-bond donors (Lipinski definition) is 0. The fraction of sp³-hybridized carbons (Fsp3) is 0.273. The average molecular weight is 511 g/mol. The van der Waals surface area contributed by atoms with Crippen LogP contribution in [0.2, 0.25) is 0 Å². The quantitative estimate of drug-likeness (QED) is 0.231. The van der Waals surface area contributed by atoms with Gasteiger partial charge in [0, 0.05) is 0 Å². The van der Waals surface area contributed by atoms with Gasteiger partial charge in [0.1, 0.15) is 24.1 Å². The molecule has 0 spiro atoms. The summed E-state index contributed by atoms with van der Waals surface area (Å²) in [5, 5.41) is 0. The zero-order valence-corrected chi connectivity index (χ0v) is 21.6. The molecule has 0 amide bonds. The van der Waals surface area contributed by atoms with Crippen molar-refractivity contribution < 1.29 is 23.7 Å². The van der Waals surface area contributed by atoms with Crippen LogP contribution in [-0.4, -0.2) is 31.2 Å². The van der Waals surface area contributed by atoms with Crippen molar-refractivity contribution in [3.05, 3.63) is 138 Å². The second-order valence-corrected chi connectivity index (χ2v) is 9.44. The molecule has 1 fully saturated rings. The van der Waals surface area contributed by atoms with Gasteiger partial charge in [-0.3, -0.25) is 0 Å². The number of aryl methyl sites for hydroxylation is 1. The molecule has 196 valence electrons. The Morgan fingerprint density at radius 1 is 0.579 bits per heavy atom. The molecule has 0 aromatic heterocycles. The Kier molecular flexibility index (Phi) is 9.19. The summed E-state index contributed by atoms with van der Waals surface area (Å²) in [6.45, 7) is 3.63. The van der Waals surface area contributed by atoms with Crippen LogP contribution < -0.4 is 4.74 Å². The molecule has 1 aliphatic rings. The third kappa shape index (κ3) is 7.09. The van der Waals surface area contributed by atoms with Crippen molar-refractivity contribution in [1.82, 2.24) is 0 Å². The lowest BCUT2D eigenvalue weighted by Gasteiger charge is -2.42. The summed E-state index contributed by atoms with van der Waals surface area (Å²) in [7, 11) is 0. The van der Waals surface area contributed by atoms with Crippen molar-refractivity contribution in [1.29, 1.82) is 0 Å². The van der Waals surface area contributed by atoms with Crippen molar-refractivity contribution in [2.24, 2.45) is 0 Å². The molecule has 4 aromatic carbocycles. The highest BCUT2D eigenvalue weighted by atomic mass is 16.7. The standard InChI is InChI=1S/C33H34O5/c1-25-13-11-12-20-29(25)38-33-32(36-23-28-18-9-4-10-19-28)31(35-22-27-16-7-3-8-17-27)30(24-37-33)34-21-26-14-5-2-6-15-26/h2-20,30-33H,21-24H2,1H3/t30-,31?,32?,33+/m1/s1. The molecule has 0 radical (unpaired) electrons. The first kappa shape index (κ1) is 26.1. The van der Waals surface area contributed by atoms with Crippen molar-refractivity contribution in [2.45, 2.75) is 51.3 Å². The molecule has 0 aliphatic carbocycles. The van der Waals surface area contributed by atoms with E-state index in [1.165, 1.54) is 0 Å². The van der Waals surface area contributed by atoms with Crippen molar-refractivity contribution in [2.75, 3.05) is 6.61 Å². The van der Waals surface area contributed by atoms with E-state index in [-0.39, 0.29) is 6.10 Å². The van der Waals surface area contributed by atoms with Crippen LogP contribution in [0.3, 0.4) is 0 Å². The highest BCUT2D eigenvalue weighted by Crippen LogP contribution is 2.29. The Bertz CT molecular complexity index is 1230. The van der Waals surface area contributed by atoms with Crippen LogP contribution in [0.15, 0.2) is 115 Å². The van der Waals surface area contributed by atoms with E-state index in [1.807, 2.05) is 97.9 Å². The highest BCUT2D eigenvalue weighted by Gasteiger charge is 2.44. The molecule has 4 atom stereocenters. The molecule has 0 bridgehead atoms. The van der Waals surface area contributed by atoms with E-state index in [0.717, 1.165) is 28.0 Å². The summed E-state index contributed by atoms with van der Waals surface area (Å²) in [5.74, 6) is 0.760. The SMILES string of the molecule is Cc1ccccc1O[C@@H]1OC[C@@H](OCc2ccccc2)C(OCc2ccccc2)C1OCc1ccccc1. The van der Waals surface area contributed by atoms with Crippen LogP contribution in [0.5, 0.6) is 5.75 Å². The maximum Gasteiger partial charge on any atom is 0.229 e. The second kappa shape index (κ2) is 13.4. The van der Waals surface area contributed by atoms with Gasteiger partial charge in [-0.1, -0.05) is 109 Å². The minimum Gasteiger partial charge on any atom is -0.462 e. The van der Waals surface area contributed by atoms with Gasteiger partial charge in [-0.25, -0.2) is 0 Å². The Hall–Kier alpha value is -3.48. The third-order valence-electron chi connectivity index (χ3n) is 6.60. The maximum atomic E-state index is 6.56. The highest BCUT2D eigenvalue weighted by molar-refractivity contribution is 5.32. The normalized spacial score (nSPS) is 21.2. The fourth-order valence-electron chi connectivity index (χ4n) is 4.49. The van der Waals surface area contributed by atoms with Gasteiger partial charge in [-0.2, -0.15) is 0 Å². The summed E-state index contributed by atoms with van der Waals surface area (Å²) < 4.78 is 32.1. The molecule has 4 aromatic rings. The van der Waals surface area contributed by atoms with Crippen LogP contribution in [0.4, 0.5) is 0 Å². The van der Waals surface area contributed by atoms with E-state index in [2.05, 4.69) is 24.3 Å². The molecular formula is C33H34O5. The van der Waals surface area contributed by atoms with E-state index >= 15 is 0 Å². The van der Waals surface area contributed by atoms with Crippen molar-refractivity contribution >= 4 is 0 Å². The topological polar surface area (TPSA) is 46.2 Å². The van der Waals surface area contributed by atoms with Crippen LogP contribution in [0.25, 0.3) is 0 Å². The first-order valence-corrected chi connectivity index (χ1v) is 13.1. The molecule has 5 nitrogen and oxygen atoms in total. The zero-order chi connectivity index (χ0) is 26.0. The summed E-state index contributed by atoms with van der Waals surface area (Å²) in [6, 6.07) is 38.3. The van der Waals surface area contributed by atoms with E-state index in [9.17, 15) is 0 Å². The molecule has 5 rings (SSSR count). The smallest absolute Gasteiger partial charge is 0.229 e. The monoisotopic (exact) mass is 510 g/mol. The number of benzene rings is 4. The number of hydrogen-bond acceptors (Lipinski definition) is 5. The van der Waals surface area contributed by atoms with Crippen molar-refractivity contribution in [3.63, 3.8) is 0 Å². The predicted octanol–water partition coefficient (Wildman–Crippen LogP) is 6.49. The van der Waals surface area contributed by atoms with Crippen LogP contribution in [0, 0.1) is 6.92 Å². The Labute approximate surface area is 224 Å². The second-order valence-electron chi connectivity index (χ2n) is 9.44. The molecule has 1 aliphatic heterocycles. The molecule has 5 heteroatoms. The largest absolute Gasteiger partial charge is 0.462 e. The lowest BCUT2D eigenvalue weighted by Crippen LogP contribution is -2.57. The molecule has 38 heavy (non-hydrogen) atoms. The van der Waals surface area contributed by atoms with Gasteiger partial charge >= 0.3 is 0 Å². The van der Waals surface area contributed by atoms with Gasteiger partial charge in [0.25, 0.3) is 0 Å². The first-order valence-electron chi connectivity index (χ1n) is 13.1. The third-order valence-corrected chi connectivity index (χ3v) is 6.60. The Morgan fingerprint density at radius 2 is 1.05 bits per heavy atom. The van der Waals surface area contributed by atoms with Gasteiger partial charge in [-0.05, 0) is 35.2 Å². The van der Waals surface area contributed by atoms with Crippen molar-refractivity contribution in [3.8, 4) is 5.75 Å². The summed E-state index contributed by atoms with van der Waals surface area (Å²) in [6.07, 6.45) is -1.92. The maximum absolute atomic E-state index is 6.56. The molecule has 0 saturated carbocycles. The minimum atomic E-state index is -0.655. The summed E-state index contributed by atoms with van der Waals surface area (Å²) >= 11 is 0. The zero-order valence-electron chi connectivity index (χ0n) is 21.6. The van der Waals surface area contributed by atoms with E-state index in [4.69, 9.17) is 23.7 Å². The molecule has 1 heterocycles.